The lowest BCUT2D eigenvalue weighted by molar-refractivity contribution is 0.0243. The molecular formula is C18H24N4O. The number of ether oxygens (including phenoxy) is 1. The van der Waals surface area contributed by atoms with E-state index in [0.29, 0.717) is 6.54 Å². The maximum absolute atomic E-state index is 5.80. The molecule has 1 unspecified atom stereocenters. The van der Waals surface area contributed by atoms with Crippen LogP contribution in [0.1, 0.15) is 25.3 Å². The van der Waals surface area contributed by atoms with Gasteiger partial charge in [0.25, 0.3) is 0 Å². The maximum atomic E-state index is 5.80. The first-order valence-corrected chi connectivity index (χ1v) is 8.11. The Morgan fingerprint density at radius 1 is 1.30 bits per heavy atom. The second kappa shape index (κ2) is 6.96. The van der Waals surface area contributed by atoms with Gasteiger partial charge in [-0.25, -0.2) is 0 Å². The normalized spacial score (nSPS) is 21.6. The van der Waals surface area contributed by atoms with Crippen LogP contribution in [0.3, 0.4) is 0 Å². The number of hydrogen-bond donors (Lipinski definition) is 2. The zero-order chi connectivity index (χ0) is 16.1. The lowest BCUT2D eigenvalue weighted by Crippen LogP contribution is -2.45. The molecule has 3 rings (SSSR count). The summed E-state index contributed by atoms with van der Waals surface area (Å²) in [4.78, 5) is 8.70. The van der Waals surface area contributed by atoms with Crippen LogP contribution in [0, 0.1) is 0 Å². The number of aromatic nitrogens is 1. The highest BCUT2D eigenvalue weighted by atomic mass is 16.5. The molecule has 5 heteroatoms. The molecule has 122 valence electrons. The highest BCUT2D eigenvalue weighted by Gasteiger charge is 2.29. The molecule has 0 radical (unpaired) electrons. The van der Waals surface area contributed by atoms with Crippen LogP contribution in [-0.2, 0) is 11.3 Å². The predicted molar refractivity (Wildman–Crippen MR) is 93.5 cm³/mol. The zero-order valence-corrected chi connectivity index (χ0v) is 13.8. The number of guanidine groups is 1. The second-order valence-electron chi connectivity index (χ2n) is 6.17. The van der Waals surface area contributed by atoms with Crippen LogP contribution in [0.5, 0.6) is 0 Å². The molecule has 5 nitrogen and oxygen atoms in total. The predicted octanol–water partition coefficient (Wildman–Crippen LogP) is 2.47. The molecular weight excluding hydrogens is 288 g/mol. The number of hydrogen-bond acceptors (Lipinski definition) is 3. The van der Waals surface area contributed by atoms with Gasteiger partial charge in [0.2, 0.25) is 0 Å². The van der Waals surface area contributed by atoms with Crippen LogP contribution in [0.15, 0.2) is 41.5 Å². The highest BCUT2D eigenvalue weighted by molar-refractivity contribution is 5.83. The lowest BCUT2D eigenvalue weighted by atomic mass is 10.0. The fraction of sp³-hybridized carbons (Fsp3) is 0.444. The van der Waals surface area contributed by atoms with Crippen molar-refractivity contribution in [2.75, 3.05) is 20.2 Å². The van der Waals surface area contributed by atoms with Gasteiger partial charge in [0.05, 0.1) is 11.1 Å². The van der Waals surface area contributed by atoms with Gasteiger partial charge >= 0.3 is 0 Å². The van der Waals surface area contributed by atoms with Crippen molar-refractivity contribution in [3.63, 3.8) is 0 Å². The third-order valence-corrected chi connectivity index (χ3v) is 4.34. The first kappa shape index (κ1) is 15.7. The van der Waals surface area contributed by atoms with Crippen molar-refractivity contribution >= 4 is 16.9 Å². The van der Waals surface area contributed by atoms with Crippen molar-refractivity contribution in [3.8, 4) is 0 Å². The summed E-state index contributed by atoms with van der Waals surface area (Å²) in [5.41, 5.74) is 2.14. The number of nitrogens with zero attached hydrogens (tertiary/aromatic N) is 2. The number of pyridine rings is 1. The van der Waals surface area contributed by atoms with E-state index in [1.807, 2.05) is 30.5 Å². The zero-order valence-electron chi connectivity index (χ0n) is 13.8. The minimum Gasteiger partial charge on any atom is -0.373 e. The van der Waals surface area contributed by atoms with Crippen molar-refractivity contribution in [1.82, 2.24) is 15.6 Å². The minimum absolute atomic E-state index is 0.0824. The number of para-hydroxylation sites is 1. The molecule has 0 amide bonds. The van der Waals surface area contributed by atoms with E-state index in [4.69, 9.17) is 4.74 Å². The fourth-order valence-electron chi connectivity index (χ4n) is 2.96. The summed E-state index contributed by atoms with van der Waals surface area (Å²) in [6.45, 7) is 4.48. The third-order valence-electron chi connectivity index (χ3n) is 4.34. The van der Waals surface area contributed by atoms with Gasteiger partial charge in [0.1, 0.15) is 0 Å². The standard InChI is InChI=1S/C18H24N4O/c1-18(9-5-11-23-18)13-22-17(19-2)21-12-14-8-10-20-16-7-4-3-6-15(14)16/h3-4,6-8,10H,5,9,11-13H2,1-2H3,(H2,19,21,22). The Kier molecular flexibility index (Phi) is 4.76. The summed E-state index contributed by atoms with van der Waals surface area (Å²) in [7, 11) is 1.79. The van der Waals surface area contributed by atoms with Crippen LogP contribution >= 0.6 is 0 Å². The van der Waals surface area contributed by atoms with Crippen molar-refractivity contribution in [2.24, 2.45) is 4.99 Å². The van der Waals surface area contributed by atoms with Gasteiger partial charge < -0.3 is 15.4 Å². The van der Waals surface area contributed by atoms with Gasteiger partial charge in [-0.2, -0.15) is 0 Å². The molecule has 1 aromatic heterocycles. The Bertz CT molecular complexity index is 687. The molecule has 2 heterocycles. The van der Waals surface area contributed by atoms with Gasteiger partial charge in [0, 0.05) is 38.3 Å². The van der Waals surface area contributed by atoms with Crippen molar-refractivity contribution in [1.29, 1.82) is 0 Å². The molecule has 0 aliphatic carbocycles. The van der Waals surface area contributed by atoms with Crippen LogP contribution in [0.4, 0.5) is 0 Å². The molecule has 0 spiro atoms. The largest absolute Gasteiger partial charge is 0.373 e. The quantitative estimate of drug-likeness (QED) is 0.672. The molecule has 1 aliphatic rings. The summed E-state index contributed by atoms with van der Waals surface area (Å²) in [6.07, 6.45) is 4.07. The van der Waals surface area contributed by atoms with Gasteiger partial charge in [-0.3, -0.25) is 9.98 Å². The van der Waals surface area contributed by atoms with E-state index in [-0.39, 0.29) is 5.60 Å². The summed E-state index contributed by atoms with van der Waals surface area (Å²) in [6, 6.07) is 10.2. The Balaban J connectivity index is 1.61. The Morgan fingerprint density at radius 2 is 2.17 bits per heavy atom. The van der Waals surface area contributed by atoms with Crippen molar-refractivity contribution in [2.45, 2.75) is 31.9 Å². The lowest BCUT2D eigenvalue weighted by Gasteiger charge is -2.24. The first-order chi connectivity index (χ1) is 11.2. The van der Waals surface area contributed by atoms with E-state index in [0.717, 1.165) is 37.5 Å². The summed E-state index contributed by atoms with van der Waals surface area (Å²) in [5.74, 6) is 0.794. The van der Waals surface area contributed by atoms with Crippen LogP contribution < -0.4 is 10.6 Å². The number of fused-ring (bicyclic) bond motifs is 1. The second-order valence-corrected chi connectivity index (χ2v) is 6.17. The van der Waals surface area contributed by atoms with Crippen LogP contribution in [0.2, 0.25) is 0 Å². The topological polar surface area (TPSA) is 58.5 Å². The van der Waals surface area contributed by atoms with E-state index in [2.05, 4.69) is 33.6 Å². The molecule has 1 saturated heterocycles. The SMILES string of the molecule is CN=C(NCc1ccnc2ccccc12)NCC1(C)CCCO1. The number of benzene rings is 1. The number of rotatable bonds is 4. The maximum Gasteiger partial charge on any atom is 0.191 e. The van der Waals surface area contributed by atoms with E-state index in [9.17, 15) is 0 Å². The monoisotopic (exact) mass is 312 g/mol. The van der Waals surface area contributed by atoms with Gasteiger partial charge in [-0.1, -0.05) is 18.2 Å². The number of aliphatic imine (C=N–C) groups is 1. The summed E-state index contributed by atoms with van der Waals surface area (Å²) >= 11 is 0. The van der Waals surface area contributed by atoms with Crippen molar-refractivity contribution in [3.05, 3.63) is 42.1 Å². The third kappa shape index (κ3) is 3.79. The van der Waals surface area contributed by atoms with Gasteiger partial charge in [-0.15, -0.1) is 0 Å². The molecule has 0 bridgehead atoms. The van der Waals surface area contributed by atoms with E-state index in [1.54, 1.807) is 7.05 Å². The Morgan fingerprint density at radius 3 is 2.96 bits per heavy atom. The van der Waals surface area contributed by atoms with Gasteiger partial charge in [-0.05, 0) is 37.5 Å². The number of nitrogens with one attached hydrogen (secondary N) is 2. The molecule has 2 N–H and O–H groups in total. The van der Waals surface area contributed by atoms with E-state index >= 15 is 0 Å². The fourth-order valence-corrected chi connectivity index (χ4v) is 2.96. The Hall–Kier alpha value is -2.14. The average Bonchev–Trinajstić information content (AvgIpc) is 3.02. The molecule has 1 aliphatic heterocycles. The molecule has 0 saturated carbocycles. The van der Waals surface area contributed by atoms with Crippen molar-refractivity contribution < 1.29 is 4.74 Å². The molecule has 1 fully saturated rings. The van der Waals surface area contributed by atoms with E-state index < -0.39 is 0 Å². The summed E-state index contributed by atoms with van der Waals surface area (Å²) in [5, 5.41) is 7.91. The average molecular weight is 312 g/mol. The van der Waals surface area contributed by atoms with E-state index in [1.165, 1.54) is 10.9 Å². The van der Waals surface area contributed by atoms with Crippen LogP contribution in [0.25, 0.3) is 10.9 Å². The summed E-state index contributed by atoms with van der Waals surface area (Å²) < 4.78 is 5.80. The molecule has 1 atom stereocenters. The molecule has 1 aromatic carbocycles. The molecule has 2 aromatic rings. The van der Waals surface area contributed by atoms with Gasteiger partial charge in [0.15, 0.2) is 5.96 Å². The Labute approximate surface area is 137 Å². The van der Waals surface area contributed by atoms with Crippen LogP contribution in [-0.4, -0.2) is 36.7 Å². The minimum atomic E-state index is -0.0824. The smallest absolute Gasteiger partial charge is 0.191 e. The highest BCUT2D eigenvalue weighted by Crippen LogP contribution is 2.23. The first-order valence-electron chi connectivity index (χ1n) is 8.11. The molecule has 23 heavy (non-hydrogen) atoms.